The van der Waals surface area contributed by atoms with Crippen LogP contribution in [0.25, 0.3) is 0 Å². The Kier molecular flexibility index (Phi) is 15.7. The highest BCUT2D eigenvalue weighted by molar-refractivity contribution is 6.03. The van der Waals surface area contributed by atoms with Gasteiger partial charge in [0.05, 0.1) is 26.4 Å². The number of ether oxygens (including phenoxy) is 3. The van der Waals surface area contributed by atoms with Crippen LogP contribution in [0.15, 0.2) is 0 Å². The van der Waals surface area contributed by atoms with E-state index in [1.165, 1.54) is 0 Å². The number of nitrogens with zero attached hydrogens (tertiary/aromatic N) is 1. The molecule has 2 N–H and O–H groups in total. The molecule has 0 bridgehead atoms. The molecule has 1 unspecified atom stereocenters. The lowest BCUT2D eigenvalue weighted by Gasteiger charge is -2.14. The summed E-state index contributed by atoms with van der Waals surface area (Å²) in [5.41, 5.74) is 0. The highest BCUT2D eigenvalue weighted by Crippen LogP contribution is 2.18. The molecule has 0 aromatic rings. The standard InChI is InChI=1S/C22H37N3O8/c1-18-17-21(29)25(22(18)30)9-6-20(28)24-8-4-12-32-14-16-33-15-13-31-11-3-7-23-19(27)5-2-10-26/h10,18H,2-9,11-17H2,1H3,(H,23,27)(H,24,28). The number of carbonyl (C=O) groups excluding carboxylic acids is 5. The largest absolute Gasteiger partial charge is 0.379 e. The van der Waals surface area contributed by atoms with E-state index in [0.29, 0.717) is 65.6 Å². The summed E-state index contributed by atoms with van der Waals surface area (Å²) in [5, 5.41) is 5.46. The maximum atomic E-state index is 11.8. The third-order valence-corrected chi connectivity index (χ3v) is 4.84. The van der Waals surface area contributed by atoms with E-state index >= 15 is 0 Å². The van der Waals surface area contributed by atoms with Crippen molar-refractivity contribution in [3.05, 3.63) is 0 Å². The third-order valence-electron chi connectivity index (χ3n) is 4.84. The van der Waals surface area contributed by atoms with Crippen LogP contribution in [0.4, 0.5) is 0 Å². The van der Waals surface area contributed by atoms with Crippen LogP contribution in [0.1, 0.15) is 45.4 Å². The van der Waals surface area contributed by atoms with Crippen LogP contribution in [0.2, 0.25) is 0 Å². The Morgan fingerprint density at radius 1 is 0.909 bits per heavy atom. The molecule has 1 fully saturated rings. The second kappa shape index (κ2) is 18.1. The Hall–Kier alpha value is -2.37. The Labute approximate surface area is 194 Å². The van der Waals surface area contributed by atoms with Crippen LogP contribution in [0.5, 0.6) is 0 Å². The zero-order chi connectivity index (χ0) is 24.3. The van der Waals surface area contributed by atoms with Crippen LogP contribution >= 0.6 is 0 Å². The molecule has 0 saturated carbocycles. The van der Waals surface area contributed by atoms with E-state index in [4.69, 9.17) is 14.2 Å². The summed E-state index contributed by atoms with van der Waals surface area (Å²) in [7, 11) is 0. The smallest absolute Gasteiger partial charge is 0.232 e. The van der Waals surface area contributed by atoms with Crippen molar-refractivity contribution in [2.24, 2.45) is 5.92 Å². The van der Waals surface area contributed by atoms with Gasteiger partial charge in [-0.15, -0.1) is 0 Å². The summed E-state index contributed by atoms with van der Waals surface area (Å²) in [6, 6.07) is 0. The van der Waals surface area contributed by atoms with Crippen molar-refractivity contribution in [1.29, 1.82) is 0 Å². The number of aldehydes is 1. The van der Waals surface area contributed by atoms with Gasteiger partial charge in [-0.1, -0.05) is 6.92 Å². The van der Waals surface area contributed by atoms with Gasteiger partial charge in [0, 0.05) is 64.4 Å². The predicted molar refractivity (Wildman–Crippen MR) is 118 cm³/mol. The molecular weight excluding hydrogens is 434 g/mol. The molecule has 188 valence electrons. The van der Waals surface area contributed by atoms with Gasteiger partial charge in [0.15, 0.2) is 0 Å². The van der Waals surface area contributed by atoms with E-state index in [2.05, 4.69) is 10.6 Å². The van der Waals surface area contributed by atoms with E-state index in [1.54, 1.807) is 6.92 Å². The molecule has 0 aromatic carbocycles. The quantitative estimate of drug-likeness (QED) is 0.141. The maximum Gasteiger partial charge on any atom is 0.232 e. The maximum absolute atomic E-state index is 11.8. The summed E-state index contributed by atoms with van der Waals surface area (Å²) in [6.45, 7) is 5.62. The number of hydrogen-bond acceptors (Lipinski definition) is 8. The average molecular weight is 472 g/mol. The molecule has 0 aliphatic carbocycles. The van der Waals surface area contributed by atoms with Crippen molar-refractivity contribution < 1.29 is 38.2 Å². The lowest BCUT2D eigenvalue weighted by Crippen LogP contribution is -2.35. The van der Waals surface area contributed by atoms with Gasteiger partial charge in [-0.05, 0) is 12.8 Å². The summed E-state index contributed by atoms with van der Waals surface area (Å²) in [6.07, 6.45) is 2.87. The van der Waals surface area contributed by atoms with Gasteiger partial charge >= 0.3 is 0 Å². The number of hydrogen-bond donors (Lipinski definition) is 2. The summed E-state index contributed by atoms with van der Waals surface area (Å²) >= 11 is 0. The Morgan fingerprint density at radius 3 is 1.91 bits per heavy atom. The number of amides is 4. The van der Waals surface area contributed by atoms with E-state index in [-0.39, 0.29) is 61.8 Å². The van der Waals surface area contributed by atoms with Crippen LogP contribution < -0.4 is 10.6 Å². The molecule has 1 aliphatic rings. The number of carbonyl (C=O) groups is 5. The predicted octanol–water partition coefficient (Wildman–Crippen LogP) is -0.187. The summed E-state index contributed by atoms with van der Waals surface area (Å²) in [5.74, 6) is -1.03. The molecular formula is C22H37N3O8. The van der Waals surface area contributed by atoms with Crippen LogP contribution in [0, 0.1) is 5.92 Å². The molecule has 4 amide bonds. The second-order valence-corrected chi connectivity index (χ2v) is 7.69. The number of nitrogens with one attached hydrogen (secondary N) is 2. The van der Waals surface area contributed by atoms with E-state index in [1.807, 2.05) is 0 Å². The first-order chi connectivity index (χ1) is 16.0. The molecule has 11 nitrogen and oxygen atoms in total. The van der Waals surface area contributed by atoms with E-state index in [0.717, 1.165) is 11.2 Å². The fourth-order valence-corrected chi connectivity index (χ4v) is 3.01. The highest BCUT2D eigenvalue weighted by Gasteiger charge is 2.35. The van der Waals surface area contributed by atoms with Gasteiger partial charge in [0.2, 0.25) is 23.6 Å². The van der Waals surface area contributed by atoms with Gasteiger partial charge in [-0.25, -0.2) is 0 Å². The first-order valence-corrected chi connectivity index (χ1v) is 11.5. The van der Waals surface area contributed by atoms with Crippen molar-refractivity contribution in [2.45, 2.75) is 45.4 Å². The molecule has 0 radical (unpaired) electrons. The van der Waals surface area contributed by atoms with Crippen molar-refractivity contribution in [3.8, 4) is 0 Å². The number of likely N-dealkylation sites (tertiary alicyclic amines) is 1. The number of imide groups is 1. The molecule has 33 heavy (non-hydrogen) atoms. The lowest BCUT2D eigenvalue weighted by molar-refractivity contribution is -0.139. The van der Waals surface area contributed by atoms with E-state index in [9.17, 15) is 24.0 Å². The minimum absolute atomic E-state index is 0.108. The Bertz CT molecular complexity index is 629. The SMILES string of the molecule is CC1CC(=O)N(CCC(=O)NCCCOCCOCCOCCCNC(=O)CCC=O)C1=O. The summed E-state index contributed by atoms with van der Waals surface area (Å²) in [4.78, 5) is 57.9. The Balaban J connectivity index is 1.81. The van der Waals surface area contributed by atoms with Gasteiger partial charge < -0.3 is 29.6 Å². The fourth-order valence-electron chi connectivity index (χ4n) is 3.01. The Morgan fingerprint density at radius 2 is 1.42 bits per heavy atom. The molecule has 1 atom stereocenters. The monoisotopic (exact) mass is 471 g/mol. The highest BCUT2D eigenvalue weighted by atomic mass is 16.5. The molecule has 11 heteroatoms. The normalized spacial score (nSPS) is 15.7. The number of rotatable bonds is 20. The zero-order valence-electron chi connectivity index (χ0n) is 19.5. The molecule has 1 aliphatic heterocycles. The molecule has 1 heterocycles. The fraction of sp³-hybridized carbons (Fsp3) is 0.773. The van der Waals surface area contributed by atoms with Gasteiger partial charge in [-0.2, -0.15) is 0 Å². The third kappa shape index (κ3) is 13.7. The van der Waals surface area contributed by atoms with Gasteiger partial charge in [0.1, 0.15) is 6.29 Å². The van der Waals surface area contributed by atoms with Crippen molar-refractivity contribution in [2.75, 3.05) is 59.3 Å². The topological polar surface area (TPSA) is 140 Å². The lowest BCUT2D eigenvalue weighted by atomic mass is 10.1. The molecule has 0 spiro atoms. The first-order valence-electron chi connectivity index (χ1n) is 11.5. The summed E-state index contributed by atoms with van der Waals surface area (Å²) < 4.78 is 16.2. The molecule has 1 rings (SSSR count). The van der Waals surface area contributed by atoms with Crippen molar-refractivity contribution >= 4 is 29.9 Å². The van der Waals surface area contributed by atoms with Crippen molar-refractivity contribution in [3.63, 3.8) is 0 Å². The van der Waals surface area contributed by atoms with Crippen LogP contribution in [-0.4, -0.2) is 94.1 Å². The zero-order valence-corrected chi connectivity index (χ0v) is 19.5. The van der Waals surface area contributed by atoms with Gasteiger partial charge in [-0.3, -0.25) is 24.1 Å². The van der Waals surface area contributed by atoms with Gasteiger partial charge in [0.25, 0.3) is 0 Å². The van der Waals surface area contributed by atoms with Crippen LogP contribution in [0.3, 0.4) is 0 Å². The second-order valence-electron chi connectivity index (χ2n) is 7.69. The molecule has 0 aromatic heterocycles. The average Bonchev–Trinajstić information content (AvgIpc) is 3.04. The minimum atomic E-state index is -0.291. The minimum Gasteiger partial charge on any atom is -0.379 e. The van der Waals surface area contributed by atoms with Crippen LogP contribution in [-0.2, 0) is 38.2 Å². The van der Waals surface area contributed by atoms with Crippen molar-refractivity contribution in [1.82, 2.24) is 15.5 Å². The first kappa shape index (κ1) is 28.7. The molecule has 1 saturated heterocycles. The van der Waals surface area contributed by atoms with E-state index < -0.39 is 0 Å².